The van der Waals surface area contributed by atoms with E-state index in [1.165, 1.54) is 11.3 Å². The summed E-state index contributed by atoms with van der Waals surface area (Å²) in [6.45, 7) is 0.0577. The van der Waals surface area contributed by atoms with Crippen LogP contribution in [0, 0.1) is 0 Å². The first-order valence-corrected chi connectivity index (χ1v) is 6.21. The summed E-state index contributed by atoms with van der Waals surface area (Å²) < 4.78 is 0. The van der Waals surface area contributed by atoms with Crippen LogP contribution in [0.2, 0.25) is 0 Å². The number of anilines is 1. The first-order valence-electron chi connectivity index (χ1n) is 5.33. The number of nitrogens with one attached hydrogen (secondary N) is 1. The van der Waals surface area contributed by atoms with Crippen LogP contribution in [0.25, 0.3) is 11.3 Å². The molecule has 5 heteroatoms. The number of aliphatic hydroxyl groups excluding tert-OH is 2. The molecule has 0 saturated carbocycles. The summed E-state index contributed by atoms with van der Waals surface area (Å²) in [5.41, 5.74) is 1.98. The molecular formula is C12H14N2O2S. The number of rotatable bonds is 5. The van der Waals surface area contributed by atoms with Crippen LogP contribution in [0.4, 0.5) is 5.13 Å². The zero-order valence-electron chi connectivity index (χ0n) is 9.21. The van der Waals surface area contributed by atoms with Gasteiger partial charge in [0.15, 0.2) is 5.13 Å². The normalized spacial score (nSPS) is 12.4. The zero-order chi connectivity index (χ0) is 12.1. The van der Waals surface area contributed by atoms with Crippen LogP contribution in [0.15, 0.2) is 35.7 Å². The van der Waals surface area contributed by atoms with Crippen LogP contribution in [-0.4, -0.2) is 34.5 Å². The van der Waals surface area contributed by atoms with E-state index in [0.29, 0.717) is 6.54 Å². The highest BCUT2D eigenvalue weighted by Gasteiger charge is 2.06. The van der Waals surface area contributed by atoms with Gasteiger partial charge in [-0.3, -0.25) is 0 Å². The highest BCUT2D eigenvalue weighted by Crippen LogP contribution is 2.24. The number of hydrogen-bond acceptors (Lipinski definition) is 5. The molecule has 1 atom stereocenters. The monoisotopic (exact) mass is 250 g/mol. The minimum absolute atomic E-state index is 0.246. The lowest BCUT2D eigenvalue weighted by molar-refractivity contribution is 0.105. The molecule has 0 aliphatic heterocycles. The van der Waals surface area contributed by atoms with Crippen LogP contribution < -0.4 is 5.32 Å². The van der Waals surface area contributed by atoms with Crippen molar-refractivity contribution in [1.29, 1.82) is 0 Å². The SMILES string of the molecule is OC[C@@H](O)CNc1nc(-c2ccccc2)cs1. The second-order valence-corrected chi connectivity index (χ2v) is 4.48. The van der Waals surface area contributed by atoms with Crippen molar-refractivity contribution in [3.63, 3.8) is 0 Å². The van der Waals surface area contributed by atoms with Gasteiger partial charge in [0.1, 0.15) is 0 Å². The molecule has 0 spiro atoms. The molecule has 90 valence electrons. The fourth-order valence-corrected chi connectivity index (χ4v) is 2.10. The molecular weight excluding hydrogens is 236 g/mol. The van der Waals surface area contributed by atoms with Crippen LogP contribution in [0.3, 0.4) is 0 Å². The van der Waals surface area contributed by atoms with Gasteiger partial charge in [-0.25, -0.2) is 4.98 Å². The maximum Gasteiger partial charge on any atom is 0.183 e. The topological polar surface area (TPSA) is 65.4 Å². The molecule has 0 saturated heterocycles. The lowest BCUT2D eigenvalue weighted by Crippen LogP contribution is -2.22. The summed E-state index contributed by atoms with van der Waals surface area (Å²) in [6.07, 6.45) is -0.751. The maximum atomic E-state index is 9.21. The van der Waals surface area contributed by atoms with E-state index in [1.807, 2.05) is 35.7 Å². The summed E-state index contributed by atoms with van der Waals surface area (Å²) in [5, 5.41) is 23.6. The Morgan fingerprint density at radius 3 is 2.76 bits per heavy atom. The summed E-state index contributed by atoms with van der Waals surface area (Å²) in [6, 6.07) is 9.91. The summed E-state index contributed by atoms with van der Waals surface area (Å²) in [4.78, 5) is 4.40. The Kier molecular flexibility index (Phi) is 4.08. The number of thiazole rings is 1. The largest absolute Gasteiger partial charge is 0.394 e. The Balaban J connectivity index is 2.01. The summed E-state index contributed by atoms with van der Waals surface area (Å²) in [5.74, 6) is 0. The predicted octanol–water partition coefficient (Wildman–Crippen LogP) is 1.58. The van der Waals surface area contributed by atoms with Gasteiger partial charge in [-0.2, -0.15) is 0 Å². The number of nitrogens with zero attached hydrogens (tertiary/aromatic N) is 1. The predicted molar refractivity (Wildman–Crippen MR) is 69.1 cm³/mol. The number of benzene rings is 1. The van der Waals surface area contributed by atoms with Gasteiger partial charge in [-0.15, -0.1) is 11.3 Å². The van der Waals surface area contributed by atoms with Crippen molar-refractivity contribution in [2.75, 3.05) is 18.5 Å². The molecule has 0 aliphatic rings. The fraction of sp³-hybridized carbons (Fsp3) is 0.250. The number of hydrogen-bond donors (Lipinski definition) is 3. The van der Waals surface area contributed by atoms with E-state index in [0.717, 1.165) is 16.4 Å². The van der Waals surface area contributed by atoms with Crippen molar-refractivity contribution >= 4 is 16.5 Å². The van der Waals surface area contributed by atoms with Gasteiger partial charge >= 0.3 is 0 Å². The van der Waals surface area contributed by atoms with Crippen molar-refractivity contribution in [3.8, 4) is 11.3 Å². The van der Waals surface area contributed by atoms with E-state index < -0.39 is 6.10 Å². The molecule has 0 radical (unpaired) electrons. The smallest absolute Gasteiger partial charge is 0.183 e. The number of aliphatic hydroxyl groups is 2. The van der Waals surface area contributed by atoms with E-state index in [9.17, 15) is 5.11 Å². The van der Waals surface area contributed by atoms with Gasteiger partial charge in [-0.1, -0.05) is 30.3 Å². The Hall–Kier alpha value is -1.43. The molecule has 0 unspecified atom stereocenters. The number of aromatic nitrogens is 1. The molecule has 1 aromatic heterocycles. The first kappa shape index (κ1) is 12.0. The maximum absolute atomic E-state index is 9.21. The molecule has 3 N–H and O–H groups in total. The van der Waals surface area contributed by atoms with E-state index in [2.05, 4.69) is 10.3 Å². The highest BCUT2D eigenvalue weighted by atomic mass is 32.1. The van der Waals surface area contributed by atoms with Gasteiger partial charge in [0.05, 0.1) is 18.4 Å². The van der Waals surface area contributed by atoms with Gasteiger partial charge in [-0.05, 0) is 0 Å². The fourth-order valence-electron chi connectivity index (χ4n) is 1.37. The molecule has 0 aliphatic carbocycles. The van der Waals surface area contributed by atoms with Gasteiger partial charge in [0.25, 0.3) is 0 Å². The molecule has 0 amide bonds. The third kappa shape index (κ3) is 3.26. The van der Waals surface area contributed by atoms with Crippen molar-refractivity contribution in [2.24, 2.45) is 0 Å². The Labute approximate surface area is 104 Å². The third-order valence-electron chi connectivity index (χ3n) is 2.27. The van der Waals surface area contributed by atoms with Crippen molar-refractivity contribution in [1.82, 2.24) is 4.98 Å². The highest BCUT2D eigenvalue weighted by molar-refractivity contribution is 7.14. The van der Waals surface area contributed by atoms with E-state index >= 15 is 0 Å². The third-order valence-corrected chi connectivity index (χ3v) is 3.07. The molecule has 2 aromatic rings. The summed E-state index contributed by atoms with van der Waals surface area (Å²) >= 11 is 1.48. The van der Waals surface area contributed by atoms with Crippen molar-refractivity contribution in [2.45, 2.75) is 6.10 Å². The van der Waals surface area contributed by atoms with E-state index in [1.54, 1.807) is 0 Å². The van der Waals surface area contributed by atoms with Gasteiger partial charge in [0, 0.05) is 17.5 Å². The Morgan fingerprint density at radius 1 is 1.29 bits per heavy atom. The second-order valence-electron chi connectivity index (χ2n) is 3.62. The first-order chi connectivity index (χ1) is 8.29. The summed E-state index contributed by atoms with van der Waals surface area (Å²) in [7, 11) is 0. The quantitative estimate of drug-likeness (QED) is 0.753. The minimum Gasteiger partial charge on any atom is -0.394 e. The van der Waals surface area contributed by atoms with Crippen LogP contribution in [0.5, 0.6) is 0 Å². The van der Waals surface area contributed by atoms with Crippen molar-refractivity contribution < 1.29 is 10.2 Å². The van der Waals surface area contributed by atoms with Crippen LogP contribution >= 0.6 is 11.3 Å². The van der Waals surface area contributed by atoms with Gasteiger partial charge in [0.2, 0.25) is 0 Å². The molecule has 4 nitrogen and oxygen atoms in total. The molecule has 0 fully saturated rings. The molecule has 1 heterocycles. The zero-order valence-corrected chi connectivity index (χ0v) is 10.0. The molecule has 2 rings (SSSR count). The standard InChI is InChI=1S/C12H14N2O2S/c15-7-10(16)6-13-12-14-11(8-17-12)9-4-2-1-3-5-9/h1-5,8,10,15-16H,6-7H2,(H,13,14)/t10-/m0/s1. The average Bonchev–Trinajstić information content (AvgIpc) is 2.86. The minimum atomic E-state index is -0.751. The van der Waals surface area contributed by atoms with E-state index in [-0.39, 0.29) is 6.61 Å². The van der Waals surface area contributed by atoms with Crippen LogP contribution in [-0.2, 0) is 0 Å². The molecule has 0 bridgehead atoms. The van der Waals surface area contributed by atoms with Gasteiger partial charge < -0.3 is 15.5 Å². The second kappa shape index (κ2) is 5.77. The van der Waals surface area contributed by atoms with E-state index in [4.69, 9.17) is 5.11 Å². The average molecular weight is 250 g/mol. The Bertz CT molecular complexity index is 459. The lowest BCUT2D eigenvalue weighted by Gasteiger charge is -2.06. The molecule has 17 heavy (non-hydrogen) atoms. The lowest BCUT2D eigenvalue weighted by atomic mass is 10.2. The van der Waals surface area contributed by atoms with Crippen LogP contribution in [0.1, 0.15) is 0 Å². The Morgan fingerprint density at radius 2 is 2.06 bits per heavy atom. The van der Waals surface area contributed by atoms with Crippen molar-refractivity contribution in [3.05, 3.63) is 35.7 Å². The molecule has 1 aromatic carbocycles.